The molecule has 0 spiro atoms. The average Bonchev–Trinajstić information content (AvgIpc) is 2.30. The van der Waals surface area contributed by atoms with Crippen molar-refractivity contribution < 1.29 is 14.6 Å². The van der Waals surface area contributed by atoms with Gasteiger partial charge in [0.05, 0.1) is 6.61 Å². The fraction of sp³-hybridized carbons (Fsp3) is 0.417. The summed E-state index contributed by atoms with van der Waals surface area (Å²) >= 11 is 5.47. The molecule has 1 rings (SSSR count). The zero-order chi connectivity index (χ0) is 12.0. The lowest BCUT2D eigenvalue weighted by Gasteiger charge is -2.13. The van der Waals surface area contributed by atoms with Crippen LogP contribution in [0.3, 0.4) is 0 Å². The van der Waals surface area contributed by atoms with Crippen LogP contribution in [0.15, 0.2) is 24.3 Å². The number of carboxylic acids is 1. The fourth-order valence-electron chi connectivity index (χ4n) is 1.40. The molecule has 4 heteroatoms. The highest BCUT2D eigenvalue weighted by Crippen LogP contribution is 2.18. The van der Waals surface area contributed by atoms with Crippen LogP contribution in [0, 0.1) is 0 Å². The second-order valence-corrected chi connectivity index (χ2v) is 3.75. The van der Waals surface area contributed by atoms with Gasteiger partial charge in [-0.15, -0.1) is 11.6 Å². The molecule has 0 fully saturated rings. The van der Waals surface area contributed by atoms with Gasteiger partial charge in [-0.3, -0.25) is 0 Å². The molecule has 0 aliphatic heterocycles. The molecule has 1 N–H and O–H groups in total. The van der Waals surface area contributed by atoms with Crippen molar-refractivity contribution in [3.8, 4) is 0 Å². The van der Waals surface area contributed by atoms with Gasteiger partial charge in [0.1, 0.15) is 0 Å². The molecule has 0 aliphatic carbocycles. The summed E-state index contributed by atoms with van der Waals surface area (Å²) in [5, 5.41) is 9.01. The van der Waals surface area contributed by atoms with Gasteiger partial charge >= 0.3 is 5.97 Å². The number of carboxylic acid groups (broad SMARTS) is 1. The Kier molecular flexibility index (Phi) is 5.29. The molecule has 0 bridgehead atoms. The number of hydrogen-bond donors (Lipinski definition) is 1. The smallest absolute Gasteiger partial charge is 0.337 e. The third kappa shape index (κ3) is 3.51. The molecule has 0 amide bonds. The maximum atomic E-state index is 11.0. The predicted octanol–water partition coefficient (Wildman–Crippen LogP) is 2.63. The Labute approximate surface area is 100.0 Å². The van der Waals surface area contributed by atoms with E-state index in [-0.39, 0.29) is 12.5 Å². The highest BCUT2D eigenvalue weighted by Gasteiger charge is 2.19. The Morgan fingerprint density at radius 3 is 2.50 bits per heavy atom. The van der Waals surface area contributed by atoms with Crippen LogP contribution in [0.1, 0.15) is 24.2 Å². The van der Waals surface area contributed by atoms with Gasteiger partial charge in [0.25, 0.3) is 0 Å². The van der Waals surface area contributed by atoms with Crippen LogP contribution < -0.4 is 0 Å². The topological polar surface area (TPSA) is 46.5 Å². The zero-order valence-corrected chi connectivity index (χ0v) is 9.91. The number of halogens is 1. The average molecular weight is 243 g/mol. The summed E-state index contributed by atoms with van der Waals surface area (Å²) in [6.45, 7) is 2.28. The van der Waals surface area contributed by atoms with Crippen molar-refractivity contribution in [2.75, 3.05) is 12.5 Å². The summed E-state index contributed by atoms with van der Waals surface area (Å²) in [5.74, 6) is -0.703. The van der Waals surface area contributed by atoms with E-state index in [2.05, 4.69) is 0 Å². The molecule has 1 unspecified atom stereocenters. The van der Waals surface area contributed by atoms with Crippen LogP contribution in [-0.2, 0) is 16.0 Å². The van der Waals surface area contributed by atoms with Gasteiger partial charge < -0.3 is 9.84 Å². The molecule has 0 heterocycles. The van der Waals surface area contributed by atoms with Gasteiger partial charge in [0.15, 0.2) is 6.10 Å². The lowest BCUT2D eigenvalue weighted by Crippen LogP contribution is -2.16. The summed E-state index contributed by atoms with van der Waals surface area (Å²) in [7, 11) is 0. The number of hydrogen-bond acceptors (Lipinski definition) is 2. The van der Waals surface area contributed by atoms with Crippen LogP contribution in [0.25, 0.3) is 0 Å². The van der Waals surface area contributed by atoms with Gasteiger partial charge in [-0.05, 0) is 17.5 Å². The molecule has 0 saturated heterocycles. The van der Waals surface area contributed by atoms with Crippen molar-refractivity contribution in [2.24, 2.45) is 0 Å². The maximum absolute atomic E-state index is 11.0. The van der Waals surface area contributed by atoms with Gasteiger partial charge in [0, 0.05) is 5.88 Å². The molecule has 16 heavy (non-hydrogen) atoms. The Morgan fingerprint density at radius 1 is 1.44 bits per heavy atom. The van der Waals surface area contributed by atoms with E-state index < -0.39 is 12.1 Å². The molecule has 1 aromatic carbocycles. The summed E-state index contributed by atoms with van der Waals surface area (Å²) in [5.41, 5.74) is 1.82. The minimum Gasteiger partial charge on any atom is -0.479 e. The van der Waals surface area contributed by atoms with Crippen molar-refractivity contribution in [1.82, 2.24) is 0 Å². The molecule has 1 atom stereocenters. The summed E-state index contributed by atoms with van der Waals surface area (Å²) in [6, 6.07) is 7.39. The monoisotopic (exact) mass is 242 g/mol. The number of aryl methyl sites for hydroxylation is 1. The van der Waals surface area contributed by atoms with Gasteiger partial charge in [-0.1, -0.05) is 31.2 Å². The Balaban J connectivity index is 2.79. The number of ether oxygens (including phenoxy) is 1. The van der Waals surface area contributed by atoms with Crippen molar-refractivity contribution in [3.63, 3.8) is 0 Å². The largest absolute Gasteiger partial charge is 0.479 e. The standard InChI is InChI=1S/C12H15ClO3/c1-2-9-3-5-10(6-4-9)11(12(14)15)16-8-7-13/h3-6,11H,2,7-8H2,1H3,(H,14,15). The Bertz CT molecular complexity index is 335. The Hall–Kier alpha value is -1.06. The van der Waals surface area contributed by atoms with E-state index in [1.165, 1.54) is 5.56 Å². The van der Waals surface area contributed by atoms with E-state index in [4.69, 9.17) is 21.4 Å². The lowest BCUT2D eigenvalue weighted by atomic mass is 10.1. The molecule has 0 aliphatic rings. The van der Waals surface area contributed by atoms with Crippen molar-refractivity contribution >= 4 is 17.6 Å². The normalized spacial score (nSPS) is 12.4. The van der Waals surface area contributed by atoms with Crippen LogP contribution in [0.2, 0.25) is 0 Å². The third-order valence-electron chi connectivity index (χ3n) is 2.28. The molecule has 0 aromatic heterocycles. The van der Waals surface area contributed by atoms with Crippen LogP contribution in [0.5, 0.6) is 0 Å². The van der Waals surface area contributed by atoms with E-state index in [1.807, 2.05) is 19.1 Å². The lowest BCUT2D eigenvalue weighted by molar-refractivity contribution is -0.150. The number of benzene rings is 1. The molecule has 88 valence electrons. The molecule has 1 aromatic rings. The van der Waals surface area contributed by atoms with Crippen LogP contribution in [-0.4, -0.2) is 23.6 Å². The third-order valence-corrected chi connectivity index (χ3v) is 2.43. The number of rotatable bonds is 6. The molecular formula is C12H15ClO3. The number of alkyl halides is 1. The second-order valence-electron chi connectivity index (χ2n) is 3.37. The molecule has 3 nitrogen and oxygen atoms in total. The second kappa shape index (κ2) is 6.51. The van der Waals surface area contributed by atoms with E-state index in [0.29, 0.717) is 5.56 Å². The van der Waals surface area contributed by atoms with Crippen molar-refractivity contribution in [2.45, 2.75) is 19.4 Å². The number of aliphatic carboxylic acids is 1. The molecular weight excluding hydrogens is 228 g/mol. The first-order chi connectivity index (χ1) is 7.69. The minimum absolute atomic E-state index is 0.230. The highest BCUT2D eigenvalue weighted by atomic mass is 35.5. The molecule has 0 saturated carbocycles. The van der Waals surface area contributed by atoms with E-state index in [1.54, 1.807) is 12.1 Å². The highest BCUT2D eigenvalue weighted by molar-refractivity contribution is 6.17. The van der Waals surface area contributed by atoms with Gasteiger partial charge in [-0.2, -0.15) is 0 Å². The van der Waals surface area contributed by atoms with Gasteiger partial charge in [0.2, 0.25) is 0 Å². The fourth-order valence-corrected chi connectivity index (χ4v) is 1.49. The van der Waals surface area contributed by atoms with Crippen molar-refractivity contribution in [3.05, 3.63) is 35.4 Å². The first-order valence-electron chi connectivity index (χ1n) is 5.18. The Morgan fingerprint density at radius 2 is 2.06 bits per heavy atom. The van der Waals surface area contributed by atoms with Crippen LogP contribution in [0.4, 0.5) is 0 Å². The van der Waals surface area contributed by atoms with Gasteiger partial charge in [-0.25, -0.2) is 4.79 Å². The summed E-state index contributed by atoms with van der Waals surface area (Å²) in [6.07, 6.45) is 0.00486. The quantitative estimate of drug-likeness (QED) is 0.780. The zero-order valence-electron chi connectivity index (χ0n) is 9.15. The first-order valence-corrected chi connectivity index (χ1v) is 5.71. The maximum Gasteiger partial charge on any atom is 0.337 e. The van der Waals surface area contributed by atoms with Crippen molar-refractivity contribution in [1.29, 1.82) is 0 Å². The number of carbonyl (C=O) groups is 1. The predicted molar refractivity (Wildman–Crippen MR) is 62.9 cm³/mol. The van der Waals surface area contributed by atoms with E-state index in [9.17, 15) is 4.79 Å². The van der Waals surface area contributed by atoms with Crippen LogP contribution >= 0.6 is 11.6 Å². The summed E-state index contributed by atoms with van der Waals surface area (Å²) < 4.78 is 5.18. The van der Waals surface area contributed by atoms with E-state index in [0.717, 1.165) is 6.42 Å². The SMILES string of the molecule is CCc1ccc(C(OCCCl)C(=O)O)cc1. The molecule has 0 radical (unpaired) electrons. The first kappa shape index (κ1) is 13.0. The minimum atomic E-state index is -0.991. The van der Waals surface area contributed by atoms with E-state index >= 15 is 0 Å². The summed E-state index contributed by atoms with van der Waals surface area (Å²) in [4.78, 5) is 11.0.